The van der Waals surface area contributed by atoms with E-state index in [1.807, 2.05) is 0 Å². The zero-order valence-corrected chi connectivity index (χ0v) is 6.35. The highest BCUT2D eigenvalue weighted by atomic mass is 32.1. The maximum absolute atomic E-state index is 10.7. The number of hydrogen-bond acceptors (Lipinski definition) is 3. The Morgan fingerprint density at radius 3 is 3.00 bits per heavy atom. The number of aromatic amines is 1. The minimum atomic E-state index is -0.0406. The summed E-state index contributed by atoms with van der Waals surface area (Å²) in [6, 6.07) is 1.80. The number of thiazole rings is 1. The fourth-order valence-corrected chi connectivity index (χ4v) is 1.43. The largest absolute Gasteiger partial charge is 0.472 e. The molecule has 0 aliphatic heterocycles. The Labute approximate surface area is 66.3 Å². The second kappa shape index (κ2) is 2.39. The molecule has 0 aromatic carbocycles. The maximum Gasteiger partial charge on any atom is 0.304 e. The van der Waals surface area contributed by atoms with Gasteiger partial charge in [-0.05, 0) is 6.07 Å². The number of nitrogens with one attached hydrogen (secondary N) is 1. The molecule has 2 aromatic heterocycles. The summed E-state index contributed by atoms with van der Waals surface area (Å²) >= 11 is 1.15. The molecule has 0 saturated carbocycles. The van der Waals surface area contributed by atoms with E-state index < -0.39 is 0 Å². The smallest absolute Gasteiger partial charge is 0.304 e. The van der Waals surface area contributed by atoms with Crippen LogP contribution in [-0.2, 0) is 0 Å². The fourth-order valence-electron chi connectivity index (χ4n) is 0.839. The first-order chi connectivity index (χ1) is 5.36. The molecule has 0 spiro atoms. The molecule has 0 fully saturated rings. The number of aromatic nitrogens is 1. The first kappa shape index (κ1) is 6.42. The van der Waals surface area contributed by atoms with E-state index in [9.17, 15) is 4.79 Å². The van der Waals surface area contributed by atoms with E-state index in [0.717, 1.165) is 22.6 Å². The van der Waals surface area contributed by atoms with Crippen molar-refractivity contribution >= 4 is 11.3 Å². The van der Waals surface area contributed by atoms with E-state index in [0.29, 0.717) is 0 Å². The van der Waals surface area contributed by atoms with Crippen molar-refractivity contribution in [2.24, 2.45) is 0 Å². The van der Waals surface area contributed by atoms with Crippen LogP contribution < -0.4 is 4.87 Å². The van der Waals surface area contributed by atoms with Crippen LogP contribution in [0.25, 0.3) is 11.3 Å². The Kier molecular flexibility index (Phi) is 1.40. The van der Waals surface area contributed by atoms with E-state index in [1.165, 1.54) is 0 Å². The number of furan rings is 1. The van der Waals surface area contributed by atoms with Crippen LogP contribution in [0.5, 0.6) is 0 Å². The molecule has 1 N–H and O–H groups in total. The highest BCUT2D eigenvalue weighted by molar-refractivity contribution is 7.07. The number of H-pyrrole nitrogens is 1. The van der Waals surface area contributed by atoms with Gasteiger partial charge in [0.05, 0.1) is 18.2 Å². The second-order valence-corrected chi connectivity index (χ2v) is 2.92. The third-order valence-electron chi connectivity index (χ3n) is 1.35. The molecular weight excluding hydrogens is 162 g/mol. The minimum Gasteiger partial charge on any atom is -0.472 e. The Bertz CT molecular complexity index is 384. The van der Waals surface area contributed by atoms with Crippen molar-refractivity contribution in [2.75, 3.05) is 0 Å². The molecule has 0 amide bonds. The molecule has 0 unspecified atom stereocenters. The molecule has 56 valence electrons. The van der Waals surface area contributed by atoms with Gasteiger partial charge in [0.1, 0.15) is 0 Å². The minimum absolute atomic E-state index is 0.0406. The van der Waals surface area contributed by atoms with Crippen molar-refractivity contribution in [3.63, 3.8) is 0 Å². The predicted octanol–water partition coefficient (Wildman–Crippen LogP) is 1.70. The van der Waals surface area contributed by atoms with E-state index in [-0.39, 0.29) is 4.87 Å². The monoisotopic (exact) mass is 167 g/mol. The lowest BCUT2D eigenvalue weighted by molar-refractivity contribution is 0.568. The quantitative estimate of drug-likeness (QED) is 0.702. The van der Waals surface area contributed by atoms with Crippen molar-refractivity contribution in [1.82, 2.24) is 4.98 Å². The number of rotatable bonds is 1. The van der Waals surface area contributed by atoms with Gasteiger partial charge in [0.15, 0.2) is 0 Å². The molecule has 0 aliphatic rings. The van der Waals surface area contributed by atoms with Gasteiger partial charge in [-0.15, -0.1) is 0 Å². The molecule has 11 heavy (non-hydrogen) atoms. The molecule has 2 rings (SSSR count). The van der Waals surface area contributed by atoms with Gasteiger partial charge in [-0.3, -0.25) is 4.79 Å². The molecule has 3 nitrogen and oxygen atoms in total. The summed E-state index contributed by atoms with van der Waals surface area (Å²) < 4.78 is 4.86. The molecule has 0 aliphatic carbocycles. The van der Waals surface area contributed by atoms with E-state index in [2.05, 4.69) is 4.98 Å². The molecule has 0 saturated heterocycles. The Hall–Kier alpha value is -1.29. The molecule has 2 aromatic rings. The van der Waals surface area contributed by atoms with Crippen molar-refractivity contribution in [2.45, 2.75) is 0 Å². The van der Waals surface area contributed by atoms with Crippen LogP contribution in [0, 0.1) is 0 Å². The summed E-state index contributed by atoms with van der Waals surface area (Å²) in [4.78, 5) is 13.4. The van der Waals surface area contributed by atoms with Gasteiger partial charge in [-0.25, -0.2) is 0 Å². The van der Waals surface area contributed by atoms with Crippen LogP contribution in [0.1, 0.15) is 0 Å². The molecule has 0 bridgehead atoms. The van der Waals surface area contributed by atoms with Crippen LogP contribution in [0.4, 0.5) is 0 Å². The van der Waals surface area contributed by atoms with Gasteiger partial charge < -0.3 is 9.40 Å². The lowest BCUT2D eigenvalue weighted by Crippen LogP contribution is -1.91. The predicted molar refractivity (Wildman–Crippen MR) is 42.6 cm³/mol. The second-order valence-electron chi connectivity index (χ2n) is 2.07. The standard InChI is InChI=1S/C7H5NO2S/c9-7-8-6(4-11-7)5-1-2-10-3-5/h1-4H,(H,8,9). The van der Waals surface area contributed by atoms with Gasteiger partial charge in [0.25, 0.3) is 0 Å². The van der Waals surface area contributed by atoms with Gasteiger partial charge in [-0.1, -0.05) is 11.3 Å². The Morgan fingerprint density at radius 2 is 2.45 bits per heavy atom. The highest BCUT2D eigenvalue weighted by Gasteiger charge is 1.99. The van der Waals surface area contributed by atoms with Crippen molar-refractivity contribution in [3.8, 4) is 11.3 Å². The lowest BCUT2D eigenvalue weighted by Gasteiger charge is -1.84. The Morgan fingerprint density at radius 1 is 1.55 bits per heavy atom. The molecule has 0 atom stereocenters. The van der Waals surface area contributed by atoms with E-state index in [4.69, 9.17) is 4.42 Å². The number of hydrogen-bond donors (Lipinski definition) is 1. The summed E-state index contributed by atoms with van der Waals surface area (Å²) in [5.74, 6) is 0. The fraction of sp³-hybridized carbons (Fsp3) is 0. The van der Waals surface area contributed by atoms with E-state index in [1.54, 1.807) is 24.0 Å². The maximum atomic E-state index is 10.7. The molecule has 2 heterocycles. The topological polar surface area (TPSA) is 46.0 Å². The summed E-state index contributed by atoms with van der Waals surface area (Å²) in [7, 11) is 0. The summed E-state index contributed by atoms with van der Waals surface area (Å²) in [6.07, 6.45) is 3.17. The van der Waals surface area contributed by atoms with Crippen LogP contribution in [0.3, 0.4) is 0 Å². The van der Waals surface area contributed by atoms with Crippen LogP contribution in [-0.4, -0.2) is 4.98 Å². The average molecular weight is 167 g/mol. The van der Waals surface area contributed by atoms with Gasteiger partial charge in [0, 0.05) is 10.9 Å². The van der Waals surface area contributed by atoms with Crippen molar-refractivity contribution < 1.29 is 4.42 Å². The molecule has 0 radical (unpaired) electrons. The highest BCUT2D eigenvalue weighted by Crippen LogP contribution is 2.16. The zero-order chi connectivity index (χ0) is 7.68. The lowest BCUT2D eigenvalue weighted by atomic mass is 10.3. The molecule has 4 heteroatoms. The van der Waals surface area contributed by atoms with E-state index >= 15 is 0 Å². The van der Waals surface area contributed by atoms with Crippen LogP contribution >= 0.6 is 11.3 Å². The SMILES string of the molecule is O=c1[nH]c(-c2ccoc2)cs1. The summed E-state index contributed by atoms with van der Waals surface area (Å²) in [5.41, 5.74) is 1.72. The average Bonchev–Trinajstić information content (AvgIpc) is 2.55. The van der Waals surface area contributed by atoms with Gasteiger partial charge in [0.2, 0.25) is 0 Å². The zero-order valence-electron chi connectivity index (χ0n) is 5.53. The van der Waals surface area contributed by atoms with Gasteiger partial charge >= 0.3 is 4.87 Å². The van der Waals surface area contributed by atoms with Gasteiger partial charge in [-0.2, -0.15) is 0 Å². The third-order valence-corrected chi connectivity index (χ3v) is 2.02. The summed E-state index contributed by atoms with van der Waals surface area (Å²) in [6.45, 7) is 0. The first-order valence-electron chi connectivity index (χ1n) is 3.06. The Balaban J connectivity index is 2.53. The van der Waals surface area contributed by atoms with Crippen molar-refractivity contribution in [3.05, 3.63) is 33.6 Å². The normalized spacial score (nSPS) is 10.2. The van der Waals surface area contributed by atoms with Crippen LogP contribution in [0.2, 0.25) is 0 Å². The van der Waals surface area contributed by atoms with Crippen LogP contribution in [0.15, 0.2) is 33.2 Å². The summed E-state index contributed by atoms with van der Waals surface area (Å²) in [5, 5.41) is 1.77. The van der Waals surface area contributed by atoms with Crippen molar-refractivity contribution in [1.29, 1.82) is 0 Å². The third kappa shape index (κ3) is 1.12. The first-order valence-corrected chi connectivity index (χ1v) is 3.94. The molecular formula is C7H5NO2S.